The van der Waals surface area contributed by atoms with Gasteiger partial charge in [-0.05, 0) is 191 Å². The Labute approximate surface area is 840 Å². The van der Waals surface area contributed by atoms with Crippen LogP contribution in [0.1, 0.15) is 0 Å². The first-order chi connectivity index (χ1) is 71.9. The molecule has 145 heavy (non-hydrogen) atoms. The van der Waals surface area contributed by atoms with Crippen molar-refractivity contribution >= 4 is 311 Å². The number of hydrogen-bond donors (Lipinski definition) is 0. The van der Waals surface area contributed by atoms with Crippen LogP contribution in [-0.4, -0.2) is 28.7 Å². The Morgan fingerprint density at radius 2 is 0.579 bits per heavy atom. The van der Waals surface area contributed by atoms with Crippen molar-refractivity contribution in [2.45, 2.75) is 0 Å². The van der Waals surface area contributed by atoms with E-state index in [2.05, 4.69) is 402 Å². The average molecular weight is 1910 g/mol. The molecule has 670 valence electrons. The highest BCUT2D eigenvalue weighted by atomic mass is 32.1. The van der Waals surface area contributed by atoms with E-state index in [0.29, 0.717) is 17.6 Å². The van der Waals surface area contributed by atoms with E-state index >= 15 is 0 Å². The van der Waals surface area contributed by atoms with Crippen LogP contribution in [0.3, 0.4) is 0 Å². The number of hydrogen-bond acceptors (Lipinski definition) is 9. The van der Waals surface area contributed by atoms with E-state index in [1.54, 1.807) is 0 Å². The van der Waals surface area contributed by atoms with Gasteiger partial charge in [-0.2, -0.15) is 9.97 Å². The molecule has 1 aliphatic carbocycles. The van der Waals surface area contributed by atoms with Gasteiger partial charge in [-0.3, -0.25) is 4.57 Å². The van der Waals surface area contributed by atoms with Crippen LogP contribution in [0.5, 0.6) is 0 Å². The normalized spacial score (nSPS) is 12.4. The molecule has 0 bridgehead atoms. The molecule has 12 heteroatoms. The molecular formula is C133H72N6O2S4. The van der Waals surface area contributed by atoms with Gasteiger partial charge >= 0.3 is 0 Å². The fraction of sp³-hybridized carbons (Fsp3) is 0. The lowest BCUT2D eigenvalue weighted by molar-refractivity contribution is 0.669. The molecule has 0 amide bonds. The number of nitrogens with zero attached hydrogens (tertiary/aromatic N) is 6. The summed E-state index contributed by atoms with van der Waals surface area (Å²) in [5.41, 5.74) is 20.1. The second kappa shape index (κ2) is 30.3. The summed E-state index contributed by atoms with van der Waals surface area (Å²) in [7, 11) is 0. The number of fused-ring (bicyclic) bond motifs is 48. The first-order valence-electron chi connectivity index (χ1n) is 49.2. The van der Waals surface area contributed by atoms with Gasteiger partial charge in [0.25, 0.3) is 0 Å². The van der Waals surface area contributed by atoms with Crippen molar-refractivity contribution in [1.82, 2.24) is 28.7 Å². The molecule has 0 saturated heterocycles. The minimum Gasteiger partial charge on any atom is -0.456 e. The lowest BCUT2D eigenvalue weighted by atomic mass is 9.94. The maximum absolute atomic E-state index is 6.90. The third kappa shape index (κ3) is 11.3. The summed E-state index contributed by atoms with van der Waals surface area (Å²) in [5.74, 6) is 1.91. The summed E-state index contributed by atoms with van der Waals surface area (Å²) >= 11 is 7.60. The summed E-state index contributed by atoms with van der Waals surface area (Å²) in [4.78, 5) is 15.2. The molecule has 0 unspecified atom stereocenters. The standard InChI is InChI=1S/C46H25NS2.C44H23NO2.C43H24N4S2/c1-2-11-30-28(9-1)29-10-3-4-12-31(29)36-25-27(19-20-32(30)36)47-37-15-7-5-13-33(37)43-38(47)22-21-35-45-41(49-46(35)43)24-18-26-17-23-40-44(42(26)45)34-14-6-8-16-39(34)48-40;1-2-9-26-25(8-1)27-12-7-13-29-34(20-18-28(26)40(27)29)45-33-14-5-3-10-30(33)41-35(45)21-19-32-43-38(47-44(32)41)23-17-24-16-22-37-42(39(24)43)31-11-4-6-15-36(31)46-37;1-3-11-26(12-4-1)41-44-42(27-13-5-2-6-14-27)46-43(45-41)47-31-17-9-7-15-28(31)37-32(47)22-21-30-39-35(49-40(30)37)24-20-25-19-23-34-38(36(25)39)29-16-8-10-18-33(29)48-34/h1-25H;1-23H;1-24H. The van der Waals surface area contributed by atoms with Gasteiger partial charge in [0.2, 0.25) is 5.95 Å². The van der Waals surface area contributed by atoms with Crippen molar-refractivity contribution in [2.24, 2.45) is 0 Å². The van der Waals surface area contributed by atoms with Crippen molar-refractivity contribution in [1.29, 1.82) is 0 Å². The molecule has 0 fully saturated rings. The molecule has 10 heterocycles. The van der Waals surface area contributed by atoms with Gasteiger partial charge in [-0.25, -0.2) is 4.98 Å². The number of rotatable bonds is 5. The predicted octanol–water partition coefficient (Wildman–Crippen LogP) is 38.9. The molecule has 1 aliphatic rings. The minimum atomic E-state index is 0.608. The third-order valence-electron chi connectivity index (χ3n) is 30.9. The number of furan rings is 2. The lowest BCUT2D eigenvalue weighted by Crippen LogP contribution is -2.06. The molecule has 24 aromatic carbocycles. The Kier molecular flexibility index (Phi) is 16.6. The van der Waals surface area contributed by atoms with Crippen LogP contribution < -0.4 is 0 Å². The van der Waals surface area contributed by atoms with E-state index < -0.39 is 0 Å². The topological polar surface area (TPSA) is 79.7 Å². The molecular weight excluding hydrogens is 1840 g/mol. The fourth-order valence-corrected chi connectivity index (χ4v) is 29.7. The molecule has 10 aromatic heterocycles. The van der Waals surface area contributed by atoms with Crippen LogP contribution in [0, 0.1) is 0 Å². The maximum atomic E-state index is 6.90. The van der Waals surface area contributed by atoms with Gasteiger partial charge < -0.3 is 18.0 Å². The molecule has 0 atom stereocenters. The van der Waals surface area contributed by atoms with E-state index in [4.69, 9.17) is 23.8 Å². The molecule has 0 aliphatic heterocycles. The molecule has 0 spiro atoms. The van der Waals surface area contributed by atoms with Gasteiger partial charge in [-0.1, -0.05) is 322 Å². The zero-order chi connectivity index (χ0) is 94.2. The average Bonchev–Trinajstić information content (AvgIpc) is 1.55. The smallest absolute Gasteiger partial charge is 0.238 e. The second-order valence-corrected chi connectivity index (χ2v) is 42.6. The molecule has 0 saturated carbocycles. The van der Waals surface area contributed by atoms with Crippen molar-refractivity contribution in [2.75, 3.05) is 0 Å². The van der Waals surface area contributed by atoms with Gasteiger partial charge in [0.05, 0.1) is 44.2 Å². The van der Waals surface area contributed by atoms with Gasteiger partial charge in [0, 0.05) is 168 Å². The van der Waals surface area contributed by atoms with Crippen molar-refractivity contribution in [3.63, 3.8) is 0 Å². The largest absolute Gasteiger partial charge is 0.456 e. The van der Waals surface area contributed by atoms with E-state index in [0.717, 1.165) is 76.9 Å². The van der Waals surface area contributed by atoms with Crippen LogP contribution in [0.2, 0.25) is 0 Å². The summed E-state index contributed by atoms with van der Waals surface area (Å²) in [6.45, 7) is 0. The monoisotopic (exact) mass is 1910 g/mol. The molecule has 34 aromatic rings. The van der Waals surface area contributed by atoms with Crippen molar-refractivity contribution in [3.8, 4) is 62.4 Å². The molecule has 0 N–H and O–H groups in total. The molecule has 35 rings (SSSR count). The van der Waals surface area contributed by atoms with Crippen LogP contribution in [0.4, 0.5) is 0 Å². The summed E-state index contributed by atoms with van der Waals surface area (Å²) in [6.07, 6.45) is 0. The zero-order valence-electron chi connectivity index (χ0n) is 77.2. The van der Waals surface area contributed by atoms with Gasteiger partial charge in [0.15, 0.2) is 11.6 Å². The second-order valence-electron chi connectivity index (χ2n) is 38.3. The summed E-state index contributed by atoms with van der Waals surface area (Å²) in [5, 5.41) is 40.7. The van der Waals surface area contributed by atoms with Crippen LogP contribution in [0.15, 0.2) is 446 Å². The number of para-hydroxylation sites is 4. The first kappa shape index (κ1) is 79.7. The molecule has 0 radical (unpaired) electrons. The van der Waals surface area contributed by atoms with Crippen LogP contribution >= 0.6 is 45.3 Å². The Morgan fingerprint density at radius 1 is 0.186 bits per heavy atom. The first-order valence-corrected chi connectivity index (χ1v) is 52.4. The Balaban J connectivity index is 0.0000000953. The quantitative estimate of drug-likeness (QED) is 0.160. The van der Waals surface area contributed by atoms with Gasteiger partial charge in [0.1, 0.15) is 22.3 Å². The number of benzene rings is 24. The third-order valence-corrected chi connectivity index (χ3v) is 35.6. The van der Waals surface area contributed by atoms with Crippen LogP contribution in [0.25, 0.3) is 328 Å². The highest BCUT2D eigenvalue weighted by Gasteiger charge is 2.30. The van der Waals surface area contributed by atoms with Crippen LogP contribution in [-0.2, 0) is 0 Å². The fourth-order valence-electron chi connectivity index (χ4n) is 24.9. The highest BCUT2D eigenvalue weighted by Crippen LogP contribution is 2.56. The summed E-state index contributed by atoms with van der Waals surface area (Å²) < 4.78 is 31.0. The van der Waals surface area contributed by atoms with Crippen molar-refractivity contribution in [3.05, 3.63) is 437 Å². The Bertz CT molecular complexity index is 11600. The maximum Gasteiger partial charge on any atom is 0.238 e. The summed E-state index contributed by atoms with van der Waals surface area (Å²) in [6, 6.07) is 158. The molecule has 8 nitrogen and oxygen atoms in total. The lowest BCUT2D eigenvalue weighted by Gasteiger charge is -2.13. The number of thiophene rings is 4. The van der Waals surface area contributed by atoms with E-state index in [1.165, 1.54) is 233 Å². The van der Waals surface area contributed by atoms with Crippen molar-refractivity contribution < 1.29 is 8.83 Å². The SMILES string of the molecule is c1ccc(-c2nc(-c3ccccc3)nc(-n3c4ccccc4c4c5sc6ccc7ccc8sc9ccccc9c8c7c6c5ccc43)n2)cc1.c1ccc2c(c1)-c1cccc3c(-n4c5ccccc5c5c6oc7ccc8ccc9oc%10ccccc%10c9c8c7c6ccc54)ccc-2c13.c1ccc2c(c1)sc1ccc3ccc4sc5c(ccc6c5c5ccccc5n6-c5ccc6c7ccccc7c7ccccc7c6c5)c4c3c12. The minimum absolute atomic E-state index is 0.608. The highest BCUT2D eigenvalue weighted by molar-refractivity contribution is 7.28. The Hall–Kier alpha value is -18.0. The van der Waals surface area contributed by atoms with Gasteiger partial charge in [-0.15, -0.1) is 45.3 Å². The van der Waals surface area contributed by atoms with E-state index in [1.807, 2.05) is 93.9 Å². The van der Waals surface area contributed by atoms with E-state index in [9.17, 15) is 0 Å². The predicted molar refractivity (Wildman–Crippen MR) is 620 cm³/mol. The zero-order valence-corrected chi connectivity index (χ0v) is 80.5. The number of aromatic nitrogens is 6. The van der Waals surface area contributed by atoms with E-state index in [-0.39, 0.29) is 0 Å². The Morgan fingerprint density at radius 3 is 1.15 bits per heavy atom.